The first-order chi connectivity index (χ1) is 30.5. The number of carbonyl (C=O) groups is 2. The molecule has 0 bridgehead atoms. The van der Waals surface area contributed by atoms with Crippen molar-refractivity contribution in [1.29, 1.82) is 0 Å². The number of hydrogen-bond acceptors (Lipinski definition) is 5. The van der Waals surface area contributed by atoms with Crippen molar-refractivity contribution in [3.05, 3.63) is 109 Å². The van der Waals surface area contributed by atoms with Crippen LogP contribution in [-0.4, -0.2) is 46.9 Å². The van der Waals surface area contributed by atoms with E-state index in [0.29, 0.717) is 19.3 Å². The van der Waals surface area contributed by atoms with Crippen LogP contribution in [0.15, 0.2) is 109 Å². The molecule has 3 N–H and O–H groups in total. The van der Waals surface area contributed by atoms with Crippen molar-refractivity contribution >= 4 is 11.9 Å². The lowest BCUT2D eigenvalue weighted by Gasteiger charge is -2.24. The van der Waals surface area contributed by atoms with Gasteiger partial charge in [-0.25, -0.2) is 0 Å². The summed E-state index contributed by atoms with van der Waals surface area (Å²) in [4.78, 5) is 26.1. The molecule has 0 aliphatic carbocycles. The monoisotopic (exact) mass is 860 g/mol. The van der Waals surface area contributed by atoms with Gasteiger partial charge in [-0.05, 0) is 70.6 Å². The second kappa shape index (κ2) is 48.6. The van der Waals surface area contributed by atoms with Gasteiger partial charge in [-0.1, -0.05) is 226 Å². The van der Waals surface area contributed by atoms with Crippen LogP contribution in [-0.2, 0) is 14.3 Å². The fourth-order valence-electron chi connectivity index (χ4n) is 6.88. The molecule has 352 valence electrons. The molecular weight excluding hydrogens is 767 g/mol. The van der Waals surface area contributed by atoms with Crippen LogP contribution in [0.3, 0.4) is 0 Å². The third-order valence-electron chi connectivity index (χ3n) is 10.7. The number of esters is 1. The highest BCUT2D eigenvalue weighted by molar-refractivity contribution is 5.77. The summed E-state index contributed by atoms with van der Waals surface area (Å²) >= 11 is 0. The van der Waals surface area contributed by atoms with E-state index in [-0.39, 0.29) is 24.9 Å². The number of aliphatic hydroxyl groups excluding tert-OH is 2. The molecule has 0 aromatic heterocycles. The summed E-state index contributed by atoms with van der Waals surface area (Å²) in [5.41, 5.74) is 0. The Morgan fingerprint density at radius 3 is 1.48 bits per heavy atom. The van der Waals surface area contributed by atoms with Gasteiger partial charge in [0.15, 0.2) is 0 Å². The normalized spacial score (nSPS) is 14.2. The Hall–Kier alpha value is -3.48. The van der Waals surface area contributed by atoms with Gasteiger partial charge in [0.2, 0.25) is 5.91 Å². The van der Waals surface area contributed by atoms with Gasteiger partial charge in [0.1, 0.15) is 6.10 Å². The zero-order valence-electron chi connectivity index (χ0n) is 40.0. The van der Waals surface area contributed by atoms with Gasteiger partial charge in [-0.15, -0.1) is 0 Å². The standard InChI is InChI=1S/C56H93NO5/c1-4-7-10-13-16-19-22-24-26-27-28-30-32-34-37-40-43-46-49-56(61)62-52(47-44-41-38-35-33-31-29-25-23-20-17-14-11-8-5-2)50-55(60)57-53(51-58)54(59)48-45-42-39-36-21-18-15-12-9-6-3/h8,11,16-17,19-20,22,24-30,33,35,41,44,52-54,58-59H,4-7,9-10,12-15,18,21,23,31-32,34,36-40,42-43,45-51H2,1-3H3,(H,57,60)/b11-8-,19-16+,20-17-,24-22+,27-26+,29-25-,30-28+,35-33-,44-41-. The van der Waals surface area contributed by atoms with Gasteiger partial charge < -0.3 is 20.3 Å². The van der Waals surface area contributed by atoms with Crippen molar-refractivity contribution < 1.29 is 24.5 Å². The molecule has 62 heavy (non-hydrogen) atoms. The number of hydrogen-bond donors (Lipinski definition) is 3. The van der Waals surface area contributed by atoms with Crippen molar-refractivity contribution in [2.75, 3.05) is 6.61 Å². The van der Waals surface area contributed by atoms with Crippen LogP contribution in [0, 0.1) is 0 Å². The molecule has 0 fully saturated rings. The van der Waals surface area contributed by atoms with Crippen LogP contribution >= 0.6 is 0 Å². The van der Waals surface area contributed by atoms with Gasteiger partial charge in [0.05, 0.1) is 25.2 Å². The van der Waals surface area contributed by atoms with Crippen molar-refractivity contribution in [2.24, 2.45) is 0 Å². The van der Waals surface area contributed by atoms with Gasteiger partial charge in [-0.2, -0.15) is 0 Å². The summed E-state index contributed by atoms with van der Waals surface area (Å²) in [6.45, 7) is 6.27. The highest BCUT2D eigenvalue weighted by atomic mass is 16.5. The van der Waals surface area contributed by atoms with Crippen LogP contribution in [0.2, 0.25) is 0 Å². The number of ether oxygens (including phenoxy) is 1. The second-order valence-corrected chi connectivity index (χ2v) is 16.6. The summed E-state index contributed by atoms with van der Waals surface area (Å²) < 4.78 is 5.85. The van der Waals surface area contributed by atoms with Crippen molar-refractivity contribution in [1.82, 2.24) is 5.32 Å². The Morgan fingerprint density at radius 1 is 0.516 bits per heavy atom. The Labute approximate surface area is 381 Å². The summed E-state index contributed by atoms with van der Waals surface area (Å²) in [5, 5.41) is 23.6. The molecule has 3 atom stereocenters. The van der Waals surface area contributed by atoms with Gasteiger partial charge in [0.25, 0.3) is 0 Å². The topological polar surface area (TPSA) is 95.9 Å². The molecule has 0 radical (unpaired) electrons. The molecule has 0 heterocycles. The first-order valence-corrected chi connectivity index (χ1v) is 25.2. The van der Waals surface area contributed by atoms with E-state index in [1.165, 1.54) is 64.2 Å². The van der Waals surface area contributed by atoms with E-state index < -0.39 is 18.2 Å². The molecule has 0 aliphatic heterocycles. The van der Waals surface area contributed by atoms with Crippen LogP contribution < -0.4 is 5.32 Å². The van der Waals surface area contributed by atoms with E-state index in [9.17, 15) is 19.8 Å². The highest BCUT2D eigenvalue weighted by Gasteiger charge is 2.23. The average Bonchev–Trinajstić information content (AvgIpc) is 3.26. The van der Waals surface area contributed by atoms with Gasteiger partial charge in [-0.3, -0.25) is 9.59 Å². The zero-order valence-corrected chi connectivity index (χ0v) is 40.0. The Balaban J connectivity index is 4.80. The molecule has 1 amide bonds. The molecule has 0 spiro atoms. The lowest BCUT2D eigenvalue weighted by atomic mass is 10.0. The number of unbranched alkanes of at least 4 members (excludes halogenated alkanes) is 17. The third kappa shape index (κ3) is 43.2. The lowest BCUT2D eigenvalue weighted by Crippen LogP contribution is -2.46. The van der Waals surface area contributed by atoms with E-state index in [1.807, 2.05) is 12.2 Å². The van der Waals surface area contributed by atoms with E-state index in [2.05, 4.69) is 123 Å². The number of rotatable bonds is 43. The predicted octanol–water partition coefficient (Wildman–Crippen LogP) is 15.1. The van der Waals surface area contributed by atoms with Crippen LogP contribution in [0.1, 0.15) is 207 Å². The van der Waals surface area contributed by atoms with Crippen molar-refractivity contribution in [3.63, 3.8) is 0 Å². The third-order valence-corrected chi connectivity index (χ3v) is 10.7. The molecule has 6 nitrogen and oxygen atoms in total. The summed E-state index contributed by atoms with van der Waals surface area (Å²) in [5.74, 6) is -0.617. The number of nitrogens with one attached hydrogen (secondary N) is 1. The molecule has 0 rings (SSSR count). The van der Waals surface area contributed by atoms with Gasteiger partial charge >= 0.3 is 5.97 Å². The lowest BCUT2D eigenvalue weighted by molar-refractivity contribution is -0.150. The maximum Gasteiger partial charge on any atom is 0.306 e. The first-order valence-electron chi connectivity index (χ1n) is 25.2. The zero-order chi connectivity index (χ0) is 45.2. The fraction of sp³-hybridized carbons (Fsp3) is 0.643. The number of aliphatic hydroxyl groups is 2. The second-order valence-electron chi connectivity index (χ2n) is 16.6. The quantitative estimate of drug-likeness (QED) is 0.0246. The number of allylic oxidation sites excluding steroid dienone is 17. The predicted molar refractivity (Wildman–Crippen MR) is 268 cm³/mol. The largest absolute Gasteiger partial charge is 0.461 e. The van der Waals surface area contributed by atoms with Crippen LogP contribution in [0.5, 0.6) is 0 Å². The summed E-state index contributed by atoms with van der Waals surface area (Å²) in [6, 6.07) is -0.743. The maximum absolute atomic E-state index is 13.2. The maximum atomic E-state index is 13.2. The molecule has 0 aliphatic rings. The van der Waals surface area contributed by atoms with Crippen molar-refractivity contribution in [3.8, 4) is 0 Å². The number of amides is 1. The Bertz CT molecular complexity index is 1280. The number of carbonyl (C=O) groups excluding carboxylic acids is 2. The highest BCUT2D eigenvalue weighted by Crippen LogP contribution is 2.15. The minimum Gasteiger partial charge on any atom is -0.461 e. The molecule has 0 aromatic rings. The summed E-state index contributed by atoms with van der Waals surface area (Å²) in [7, 11) is 0. The van der Waals surface area contributed by atoms with E-state index in [0.717, 1.165) is 96.3 Å². The minimum atomic E-state index is -0.822. The molecule has 0 aromatic carbocycles. The minimum absolute atomic E-state index is 0.0172. The average molecular weight is 860 g/mol. The van der Waals surface area contributed by atoms with Crippen molar-refractivity contribution in [2.45, 2.75) is 225 Å². The fourth-order valence-corrected chi connectivity index (χ4v) is 6.88. The van der Waals surface area contributed by atoms with Gasteiger partial charge in [0, 0.05) is 12.8 Å². The molecule has 6 heteroatoms. The molecule has 0 saturated heterocycles. The molecule has 0 saturated carbocycles. The Morgan fingerprint density at radius 2 is 0.952 bits per heavy atom. The smallest absolute Gasteiger partial charge is 0.306 e. The molecule has 3 unspecified atom stereocenters. The van der Waals surface area contributed by atoms with Crippen LogP contribution in [0.25, 0.3) is 0 Å². The first kappa shape index (κ1) is 58.5. The van der Waals surface area contributed by atoms with E-state index in [1.54, 1.807) is 0 Å². The van der Waals surface area contributed by atoms with E-state index in [4.69, 9.17) is 4.74 Å². The SMILES string of the molecule is CC/C=C\C/C=C\C/C=C\C/C=C\C/C=C\CC(CC(=O)NC(CO)C(O)CCCCCCCCCCCC)OC(=O)CCCCCCC/C=C/C=C/C=C/C=C/CCCCC. The van der Waals surface area contributed by atoms with E-state index >= 15 is 0 Å². The van der Waals surface area contributed by atoms with Crippen LogP contribution in [0.4, 0.5) is 0 Å². The summed E-state index contributed by atoms with van der Waals surface area (Å²) in [6.07, 6.45) is 65.9. The molecular formula is C56H93NO5. The Kier molecular flexibility index (Phi) is 45.8.